The molecule has 10 heteroatoms. The number of morpholine rings is 1. The summed E-state index contributed by atoms with van der Waals surface area (Å²) < 4.78 is 33.0. The molecule has 0 aliphatic carbocycles. The summed E-state index contributed by atoms with van der Waals surface area (Å²) in [4.78, 5) is 30.1. The highest BCUT2D eigenvalue weighted by molar-refractivity contribution is 7.89. The maximum absolute atomic E-state index is 13.3. The SMILES string of the molecule is CCC[C@H](C(=O)NC(C)(C)C)N(CCN1CCOCC1)C(=O)CNS(=O)(=O)c1ccccc1. The molecule has 1 aromatic carbocycles. The second kappa shape index (κ2) is 12.5. The first-order chi connectivity index (χ1) is 15.5. The van der Waals surface area contributed by atoms with Gasteiger partial charge in [-0.15, -0.1) is 0 Å². The molecule has 2 amide bonds. The van der Waals surface area contributed by atoms with Crippen LogP contribution < -0.4 is 10.0 Å². The third-order valence-electron chi connectivity index (χ3n) is 5.29. The van der Waals surface area contributed by atoms with Gasteiger partial charge in [-0.25, -0.2) is 13.1 Å². The van der Waals surface area contributed by atoms with E-state index in [0.29, 0.717) is 39.1 Å². The molecule has 0 spiro atoms. The van der Waals surface area contributed by atoms with Crippen LogP contribution in [0.5, 0.6) is 0 Å². The molecular weight excluding hydrogens is 444 g/mol. The number of carbonyl (C=O) groups is 2. The van der Waals surface area contributed by atoms with Crippen LogP contribution in [0.3, 0.4) is 0 Å². The predicted molar refractivity (Wildman–Crippen MR) is 127 cm³/mol. The summed E-state index contributed by atoms with van der Waals surface area (Å²) in [6.45, 7) is 10.9. The van der Waals surface area contributed by atoms with Gasteiger partial charge in [-0.3, -0.25) is 14.5 Å². The van der Waals surface area contributed by atoms with Gasteiger partial charge in [0.2, 0.25) is 21.8 Å². The van der Waals surface area contributed by atoms with E-state index in [4.69, 9.17) is 4.74 Å². The average Bonchev–Trinajstić information content (AvgIpc) is 2.77. The van der Waals surface area contributed by atoms with E-state index >= 15 is 0 Å². The first kappa shape index (κ1) is 27.2. The van der Waals surface area contributed by atoms with Crippen LogP contribution in [0.4, 0.5) is 0 Å². The molecule has 1 saturated heterocycles. The average molecular weight is 483 g/mol. The van der Waals surface area contributed by atoms with Crippen LogP contribution in [0.1, 0.15) is 40.5 Å². The molecule has 186 valence electrons. The molecule has 1 heterocycles. The van der Waals surface area contributed by atoms with Gasteiger partial charge in [-0.2, -0.15) is 0 Å². The number of ether oxygens (including phenoxy) is 1. The summed E-state index contributed by atoms with van der Waals surface area (Å²) >= 11 is 0. The van der Waals surface area contributed by atoms with Crippen molar-refractivity contribution in [1.29, 1.82) is 0 Å². The van der Waals surface area contributed by atoms with Gasteiger partial charge >= 0.3 is 0 Å². The summed E-state index contributed by atoms with van der Waals surface area (Å²) in [7, 11) is -3.84. The van der Waals surface area contributed by atoms with Crippen molar-refractivity contribution >= 4 is 21.8 Å². The Morgan fingerprint density at radius 3 is 2.36 bits per heavy atom. The van der Waals surface area contributed by atoms with E-state index in [2.05, 4.69) is 14.9 Å². The Bertz CT molecular complexity index is 865. The van der Waals surface area contributed by atoms with Crippen molar-refractivity contribution in [2.24, 2.45) is 0 Å². The zero-order valence-electron chi connectivity index (χ0n) is 20.2. The Morgan fingerprint density at radius 1 is 1.15 bits per heavy atom. The van der Waals surface area contributed by atoms with Crippen LogP contribution in [0.2, 0.25) is 0 Å². The van der Waals surface area contributed by atoms with E-state index in [-0.39, 0.29) is 10.8 Å². The highest BCUT2D eigenvalue weighted by Crippen LogP contribution is 2.13. The lowest BCUT2D eigenvalue weighted by Gasteiger charge is -2.35. The maximum atomic E-state index is 13.3. The van der Waals surface area contributed by atoms with Crippen molar-refractivity contribution in [3.05, 3.63) is 30.3 Å². The number of nitrogens with one attached hydrogen (secondary N) is 2. The molecule has 0 radical (unpaired) electrons. The van der Waals surface area contributed by atoms with Crippen LogP contribution in [0.25, 0.3) is 0 Å². The minimum absolute atomic E-state index is 0.0910. The molecule has 1 aromatic rings. The van der Waals surface area contributed by atoms with E-state index in [9.17, 15) is 18.0 Å². The third-order valence-corrected chi connectivity index (χ3v) is 6.70. The van der Waals surface area contributed by atoms with Gasteiger partial charge in [-0.05, 0) is 39.3 Å². The van der Waals surface area contributed by atoms with Crippen LogP contribution in [0.15, 0.2) is 35.2 Å². The number of carbonyl (C=O) groups excluding carboxylic acids is 2. The Morgan fingerprint density at radius 2 is 1.79 bits per heavy atom. The molecule has 2 N–H and O–H groups in total. The summed E-state index contributed by atoms with van der Waals surface area (Å²) in [6, 6.07) is 7.24. The summed E-state index contributed by atoms with van der Waals surface area (Å²) in [5, 5.41) is 2.97. The largest absolute Gasteiger partial charge is 0.379 e. The van der Waals surface area contributed by atoms with Gasteiger partial charge < -0.3 is 15.0 Å². The van der Waals surface area contributed by atoms with E-state index < -0.39 is 34.1 Å². The first-order valence-electron chi connectivity index (χ1n) is 11.5. The molecule has 1 atom stereocenters. The Hall–Kier alpha value is -2.01. The minimum atomic E-state index is -3.84. The molecule has 33 heavy (non-hydrogen) atoms. The third kappa shape index (κ3) is 9.04. The number of sulfonamides is 1. The van der Waals surface area contributed by atoms with E-state index in [1.807, 2.05) is 27.7 Å². The van der Waals surface area contributed by atoms with Crippen molar-refractivity contribution in [3.63, 3.8) is 0 Å². The predicted octanol–water partition coefficient (Wildman–Crippen LogP) is 1.21. The van der Waals surface area contributed by atoms with Gasteiger partial charge in [0, 0.05) is 31.7 Å². The van der Waals surface area contributed by atoms with E-state index in [1.54, 1.807) is 18.2 Å². The molecule has 0 bridgehead atoms. The fraction of sp³-hybridized carbons (Fsp3) is 0.652. The number of amides is 2. The fourth-order valence-corrected chi connectivity index (χ4v) is 4.62. The lowest BCUT2D eigenvalue weighted by molar-refractivity contribution is -0.141. The zero-order chi connectivity index (χ0) is 24.5. The smallest absolute Gasteiger partial charge is 0.243 e. The molecule has 9 nitrogen and oxygen atoms in total. The quantitative estimate of drug-likeness (QED) is 0.491. The molecule has 1 aliphatic rings. The van der Waals surface area contributed by atoms with Crippen molar-refractivity contribution < 1.29 is 22.7 Å². The monoisotopic (exact) mass is 482 g/mol. The van der Waals surface area contributed by atoms with Crippen LogP contribution >= 0.6 is 0 Å². The lowest BCUT2D eigenvalue weighted by atomic mass is 10.0. The first-order valence-corrected chi connectivity index (χ1v) is 13.0. The normalized spacial score (nSPS) is 16.2. The van der Waals surface area contributed by atoms with Crippen molar-refractivity contribution in [2.45, 2.75) is 57.0 Å². The van der Waals surface area contributed by atoms with Gasteiger partial charge in [-0.1, -0.05) is 31.5 Å². The highest BCUT2D eigenvalue weighted by Gasteiger charge is 2.32. The van der Waals surface area contributed by atoms with Crippen molar-refractivity contribution in [2.75, 3.05) is 45.9 Å². The number of benzene rings is 1. The second-order valence-corrected chi connectivity index (χ2v) is 11.0. The molecule has 0 aromatic heterocycles. The topological polar surface area (TPSA) is 108 Å². The van der Waals surface area contributed by atoms with Crippen LogP contribution in [-0.2, 0) is 24.3 Å². The molecule has 0 saturated carbocycles. The van der Waals surface area contributed by atoms with E-state index in [0.717, 1.165) is 13.1 Å². The molecule has 2 rings (SSSR count). The molecule has 0 unspecified atom stereocenters. The molecule has 1 fully saturated rings. The number of nitrogens with zero attached hydrogens (tertiary/aromatic N) is 2. The number of hydrogen-bond acceptors (Lipinski definition) is 6. The van der Waals surface area contributed by atoms with Gasteiger partial charge in [0.25, 0.3) is 0 Å². The molecular formula is C23H38N4O5S. The van der Waals surface area contributed by atoms with Gasteiger partial charge in [0.1, 0.15) is 6.04 Å². The Balaban J connectivity index is 2.17. The summed E-state index contributed by atoms with van der Waals surface area (Å²) in [5.41, 5.74) is -0.448. The van der Waals surface area contributed by atoms with Crippen molar-refractivity contribution in [1.82, 2.24) is 19.8 Å². The van der Waals surface area contributed by atoms with Crippen molar-refractivity contribution in [3.8, 4) is 0 Å². The Labute approximate surface area is 197 Å². The maximum Gasteiger partial charge on any atom is 0.243 e. The van der Waals surface area contributed by atoms with E-state index in [1.165, 1.54) is 17.0 Å². The molecule has 1 aliphatic heterocycles. The van der Waals surface area contributed by atoms with Crippen LogP contribution in [-0.4, -0.2) is 87.6 Å². The van der Waals surface area contributed by atoms with Crippen LogP contribution in [0, 0.1) is 0 Å². The summed E-state index contributed by atoms with van der Waals surface area (Å²) in [5.74, 6) is -0.657. The summed E-state index contributed by atoms with van der Waals surface area (Å²) in [6.07, 6.45) is 1.20. The minimum Gasteiger partial charge on any atom is -0.379 e. The lowest BCUT2D eigenvalue weighted by Crippen LogP contribution is -2.57. The number of rotatable bonds is 11. The Kier molecular flexibility index (Phi) is 10.3. The standard InChI is InChI=1S/C23H38N4O5S/c1-5-9-20(22(29)25-23(2,3)4)27(13-12-26-14-16-32-17-15-26)21(28)18-24-33(30,31)19-10-7-6-8-11-19/h6-8,10-11,20,24H,5,9,12-18H2,1-4H3,(H,25,29)/t20-/m1/s1. The van der Waals surface area contributed by atoms with Gasteiger partial charge in [0.15, 0.2) is 0 Å². The second-order valence-electron chi connectivity index (χ2n) is 9.22. The van der Waals surface area contributed by atoms with Gasteiger partial charge in [0.05, 0.1) is 24.7 Å². The highest BCUT2D eigenvalue weighted by atomic mass is 32.2. The zero-order valence-corrected chi connectivity index (χ0v) is 21.0. The fourth-order valence-electron chi connectivity index (χ4n) is 3.62. The number of hydrogen-bond donors (Lipinski definition) is 2.